The average molecular weight is 373 g/mol. The summed E-state index contributed by atoms with van der Waals surface area (Å²) in [4.78, 5) is 16.4. The van der Waals surface area contributed by atoms with Gasteiger partial charge >= 0.3 is 5.97 Å². The monoisotopic (exact) mass is 373 g/mol. The number of ether oxygens (including phenoxy) is 1. The van der Waals surface area contributed by atoms with Crippen molar-refractivity contribution in [3.8, 4) is 0 Å². The first-order valence-electron chi connectivity index (χ1n) is 9.06. The van der Waals surface area contributed by atoms with E-state index in [0.717, 1.165) is 11.8 Å². The molecule has 1 aliphatic carbocycles. The van der Waals surface area contributed by atoms with Crippen molar-refractivity contribution >= 4 is 11.5 Å². The molecule has 0 saturated carbocycles. The van der Waals surface area contributed by atoms with E-state index in [4.69, 9.17) is 4.74 Å². The third kappa shape index (κ3) is 4.24. The number of rotatable bonds is 3. The first-order chi connectivity index (χ1) is 12.9. The summed E-state index contributed by atoms with van der Waals surface area (Å²) >= 11 is 0. The molecular formula is C22H25F2NO2. The topological polar surface area (TPSA) is 39.2 Å². The molecule has 0 radical (unpaired) electrons. The minimum absolute atomic E-state index is 0.370. The van der Waals surface area contributed by atoms with Crippen molar-refractivity contribution in [3.63, 3.8) is 0 Å². The summed E-state index contributed by atoms with van der Waals surface area (Å²) in [6.07, 6.45) is 6.69. The SMILES string of the molecule is CCC.COC(=O)[C@]1(c2cccc(F)c2C)C=C(c2cncc(F)c2)CC1. The number of carbonyl (C=O) groups is 1. The van der Waals surface area contributed by atoms with Crippen molar-refractivity contribution in [1.29, 1.82) is 0 Å². The van der Waals surface area contributed by atoms with Crippen LogP contribution in [0.2, 0.25) is 0 Å². The van der Waals surface area contributed by atoms with E-state index >= 15 is 0 Å². The molecule has 0 bridgehead atoms. The first kappa shape index (κ1) is 20.7. The number of esters is 1. The number of nitrogens with zero attached hydrogens (tertiary/aromatic N) is 1. The second-order valence-corrected chi connectivity index (χ2v) is 6.64. The molecule has 1 aliphatic rings. The van der Waals surface area contributed by atoms with Crippen molar-refractivity contribution in [2.45, 2.75) is 45.4 Å². The number of aromatic nitrogens is 1. The van der Waals surface area contributed by atoms with E-state index in [9.17, 15) is 13.6 Å². The van der Waals surface area contributed by atoms with Crippen LogP contribution in [-0.2, 0) is 14.9 Å². The average Bonchev–Trinajstić information content (AvgIpc) is 3.10. The molecule has 0 saturated heterocycles. The van der Waals surface area contributed by atoms with Crippen LogP contribution in [-0.4, -0.2) is 18.1 Å². The van der Waals surface area contributed by atoms with Gasteiger partial charge in [0, 0.05) is 6.20 Å². The molecule has 0 spiro atoms. The Labute approximate surface area is 159 Å². The van der Waals surface area contributed by atoms with Crippen LogP contribution in [0.4, 0.5) is 8.78 Å². The van der Waals surface area contributed by atoms with Crippen molar-refractivity contribution in [1.82, 2.24) is 4.98 Å². The zero-order chi connectivity index (χ0) is 20.0. The molecule has 0 amide bonds. The zero-order valence-electron chi connectivity index (χ0n) is 16.2. The molecular weight excluding hydrogens is 348 g/mol. The van der Waals surface area contributed by atoms with E-state index in [1.807, 2.05) is 0 Å². The Balaban J connectivity index is 0.000000817. The number of methoxy groups -OCH3 is 1. The molecule has 3 nitrogen and oxygen atoms in total. The highest BCUT2D eigenvalue weighted by Crippen LogP contribution is 2.45. The fraction of sp³-hybridized carbons (Fsp3) is 0.364. The third-order valence-corrected chi connectivity index (χ3v) is 4.58. The van der Waals surface area contributed by atoms with Crippen LogP contribution >= 0.6 is 0 Å². The first-order valence-corrected chi connectivity index (χ1v) is 9.06. The lowest BCUT2D eigenvalue weighted by molar-refractivity contribution is -0.145. The molecule has 0 fully saturated rings. The van der Waals surface area contributed by atoms with Crippen molar-refractivity contribution in [2.75, 3.05) is 7.11 Å². The standard InChI is InChI=1S/C19H17F2NO2.C3H8/c1-12-16(4-3-5-17(12)21)19(18(23)24-2)7-6-13(9-19)14-8-15(20)11-22-10-14;1-3-2/h3-5,8-11H,6-7H2,1-2H3;3H2,1-2H3/t19-;/m0./s1. The quantitative estimate of drug-likeness (QED) is 0.679. The highest BCUT2D eigenvalue weighted by molar-refractivity contribution is 5.91. The van der Waals surface area contributed by atoms with E-state index in [1.165, 1.54) is 25.7 Å². The minimum atomic E-state index is -1.07. The van der Waals surface area contributed by atoms with Gasteiger partial charge in [0.25, 0.3) is 0 Å². The number of hydrogen-bond acceptors (Lipinski definition) is 3. The molecule has 27 heavy (non-hydrogen) atoms. The van der Waals surface area contributed by atoms with Crippen molar-refractivity contribution in [3.05, 3.63) is 71.1 Å². The Morgan fingerprint density at radius 1 is 1.26 bits per heavy atom. The number of hydrogen-bond donors (Lipinski definition) is 0. The number of halogens is 2. The maximum Gasteiger partial charge on any atom is 0.320 e. The highest BCUT2D eigenvalue weighted by Gasteiger charge is 2.44. The van der Waals surface area contributed by atoms with Gasteiger partial charge in [0.2, 0.25) is 0 Å². The summed E-state index contributed by atoms with van der Waals surface area (Å²) in [6, 6.07) is 6.06. The van der Waals surface area contributed by atoms with E-state index in [-0.39, 0.29) is 5.82 Å². The van der Waals surface area contributed by atoms with E-state index in [0.29, 0.717) is 29.5 Å². The summed E-state index contributed by atoms with van der Waals surface area (Å²) in [5, 5.41) is 0. The van der Waals surface area contributed by atoms with Gasteiger partial charge in [0.1, 0.15) is 17.0 Å². The lowest BCUT2D eigenvalue weighted by atomic mass is 9.77. The van der Waals surface area contributed by atoms with Gasteiger partial charge in [-0.3, -0.25) is 9.78 Å². The lowest BCUT2D eigenvalue weighted by Crippen LogP contribution is -2.34. The van der Waals surface area contributed by atoms with Gasteiger partial charge in [-0.15, -0.1) is 0 Å². The van der Waals surface area contributed by atoms with Crippen LogP contribution in [0, 0.1) is 18.6 Å². The third-order valence-electron chi connectivity index (χ3n) is 4.58. The second kappa shape index (κ2) is 8.89. The van der Waals surface area contributed by atoms with Gasteiger partial charge in [0.15, 0.2) is 0 Å². The molecule has 3 rings (SSSR count). The van der Waals surface area contributed by atoms with Crippen LogP contribution in [0.25, 0.3) is 5.57 Å². The predicted octanol–water partition coefficient (Wildman–Crippen LogP) is 5.37. The molecule has 144 valence electrons. The Morgan fingerprint density at radius 3 is 2.59 bits per heavy atom. The predicted molar refractivity (Wildman–Crippen MR) is 102 cm³/mol. The second-order valence-electron chi connectivity index (χ2n) is 6.64. The Morgan fingerprint density at radius 2 is 1.96 bits per heavy atom. The maximum atomic E-state index is 14.0. The van der Waals surface area contributed by atoms with Gasteiger partial charge in [-0.1, -0.05) is 38.5 Å². The van der Waals surface area contributed by atoms with Crippen molar-refractivity contribution in [2.24, 2.45) is 0 Å². The summed E-state index contributed by atoms with van der Waals surface area (Å²) in [5.74, 6) is -1.26. The van der Waals surface area contributed by atoms with Crippen LogP contribution < -0.4 is 0 Å². The number of pyridine rings is 1. The zero-order valence-corrected chi connectivity index (χ0v) is 16.2. The summed E-state index contributed by atoms with van der Waals surface area (Å²) < 4.78 is 32.5. The smallest absolute Gasteiger partial charge is 0.320 e. The molecule has 1 aromatic heterocycles. The largest absolute Gasteiger partial charge is 0.468 e. The van der Waals surface area contributed by atoms with Gasteiger partial charge < -0.3 is 4.74 Å². The van der Waals surface area contributed by atoms with Gasteiger partial charge in [0.05, 0.1) is 13.3 Å². The Kier molecular flexibility index (Phi) is 6.83. The minimum Gasteiger partial charge on any atom is -0.468 e. The van der Waals surface area contributed by atoms with Gasteiger partial charge in [-0.2, -0.15) is 0 Å². The molecule has 1 aromatic carbocycles. The van der Waals surface area contributed by atoms with Crippen LogP contribution in [0.15, 0.2) is 42.7 Å². The van der Waals surface area contributed by atoms with E-state index in [2.05, 4.69) is 18.8 Å². The summed E-state index contributed by atoms with van der Waals surface area (Å²) in [5.41, 5.74) is 1.35. The number of carbonyl (C=O) groups excluding carboxylic acids is 1. The summed E-state index contributed by atoms with van der Waals surface area (Å²) in [6.45, 7) is 5.89. The Hall–Kier alpha value is -2.56. The van der Waals surface area contributed by atoms with E-state index in [1.54, 1.807) is 31.3 Å². The summed E-state index contributed by atoms with van der Waals surface area (Å²) in [7, 11) is 1.31. The number of benzene rings is 1. The maximum absolute atomic E-state index is 14.0. The molecule has 1 heterocycles. The molecule has 0 aliphatic heterocycles. The molecule has 2 aromatic rings. The fourth-order valence-corrected chi connectivity index (χ4v) is 3.34. The van der Waals surface area contributed by atoms with Crippen LogP contribution in [0.5, 0.6) is 0 Å². The van der Waals surface area contributed by atoms with Crippen LogP contribution in [0.1, 0.15) is 49.8 Å². The molecule has 5 heteroatoms. The highest BCUT2D eigenvalue weighted by atomic mass is 19.1. The van der Waals surface area contributed by atoms with Crippen molar-refractivity contribution < 1.29 is 18.3 Å². The molecule has 0 unspecified atom stereocenters. The molecule has 0 N–H and O–H groups in total. The Bertz CT molecular complexity index is 848. The van der Waals surface area contributed by atoms with Gasteiger partial charge in [-0.05, 0) is 54.2 Å². The molecule has 1 atom stereocenters. The fourth-order valence-electron chi connectivity index (χ4n) is 3.34. The van der Waals surface area contributed by atoms with Gasteiger partial charge in [-0.25, -0.2) is 8.78 Å². The van der Waals surface area contributed by atoms with E-state index < -0.39 is 17.2 Å². The van der Waals surface area contributed by atoms with Crippen LogP contribution in [0.3, 0.4) is 0 Å². The number of allylic oxidation sites excluding steroid dienone is 1. The normalized spacial score (nSPS) is 18.4. The lowest BCUT2D eigenvalue weighted by Gasteiger charge is -2.26.